The Kier molecular flexibility index (Phi) is 5.98. The minimum Gasteiger partial charge on any atom is -0.493 e. The summed E-state index contributed by atoms with van der Waals surface area (Å²) in [5, 5.41) is 12.1. The molecule has 1 aliphatic carbocycles. The molecule has 1 amide bonds. The number of rotatable bonds is 6. The standard InChI is InChI=1S/C19H25NO6/c1-24-17-10-12(6-7-16(17)26-13-4-2-3-5-13)18(21)20-15-8-9-25-11-14(15)19(22)23/h6-7,10,13-15H,2-5,8-9,11H2,1H3,(H,20,21)(H,22,23)/t14-,15+/m0/s1. The monoisotopic (exact) mass is 363 g/mol. The first-order valence-electron chi connectivity index (χ1n) is 9.04. The van der Waals surface area contributed by atoms with E-state index < -0.39 is 17.9 Å². The van der Waals surface area contributed by atoms with Gasteiger partial charge in [-0.15, -0.1) is 0 Å². The van der Waals surface area contributed by atoms with Crippen molar-refractivity contribution in [3.05, 3.63) is 23.8 Å². The summed E-state index contributed by atoms with van der Waals surface area (Å²) in [6, 6.07) is 4.60. The lowest BCUT2D eigenvalue weighted by Gasteiger charge is -2.29. The highest BCUT2D eigenvalue weighted by molar-refractivity contribution is 5.95. The summed E-state index contributed by atoms with van der Waals surface area (Å²) in [5.74, 6) is -0.891. The minimum absolute atomic E-state index is 0.109. The maximum absolute atomic E-state index is 12.6. The lowest BCUT2D eigenvalue weighted by Crippen LogP contribution is -2.48. The number of carbonyl (C=O) groups is 2. The van der Waals surface area contributed by atoms with Crippen LogP contribution in [-0.2, 0) is 9.53 Å². The van der Waals surface area contributed by atoms with Crippen LogP contribution < -0.4 is 14.8 Å². The van der Waals surface area contributed by atoms with Crippen LogP contribution in [0.25, 0.3) is 0 Å². The number of amides is 1. The van der Waals surface area contributed by atoms with Gasteiger partial charge in [0.25, 0.3) is 5.91 Å². The van der Waals surface area contributed by atoms with Crippen LogP contribution in [0.15, 0.2) is 18.2 Å². The van der Waals surface area contributed by atoms with Crippen molar-refractivity contribution in [3.8, 4) is 11.5 Å². The van der Waals surface area contributed by atoms with Crippen LogP contribution in [0.2, 0.25) is 0 Å². The molecule has 7 nitrogen and oxygen atoms in total. The van der Waals surface area contributed by atoms with Crippen molar-refractivity contribution in [1.82, 2.24) is 5.32 Å². The van der Waals surface area contributed by atoms with Gasteiger partial charge in [-0.05, 0) is 50.3 Å². The number of carboxylic acids is 1. The number of hydrogen-bond donors (Lipinski definition) is 2. The van der Waals surface area contributed by atoms with E-state index in [4.69, 9.17) is 14.2 Å². The maximum Gasteiger partial charge on any atom is 0.310 e. The van der Waals surface area contributed by atoms with Crippen molar-refractivity contribution in [2.24, 2.45) is 5.92 Å². The molecule has 0 aromatic heterocycles. The van der Waals surface area contributed by atoms with E-state index in [0.717, 1.165) is 12.8 Å². The summed E-state index contributed by atoms with van der Waals surface area (Å²) in [5.41, 5.74) is 0.413. The Bertz CT molecular complexity index is 655. The molecule has 0 spiro atoms. The van der Waals surface area contributed by atoms with Crippen molar-refractivity contribution in [2.75, 3.05) is 20.3 Å². The second kappa shape index (κ2) is 8.40. The largest absolute Gasteiger partial charge is 0.493 e. The lowest BCUT2D eigenvalue weighted by molar-refractivity contribution is -0.147. The van der Waals surface area contributed by atoms with Crippen molar-refractivity contribution in [2.45, 2.75) is 44.2 Å². The van der Waals surface area contributed by atoms with Gasteiger partial charge in [-0.25, -0.2) is 0 Å². The first-order valence-corrected chi connectivity index (χ1v) is 9.04. The first-order chi connectivity index (χ1) is 12.6. The number of benzene rings is 1. The average molecular weight is 363 g/mol. The molecule has 1 aromatic carbocycles. The summed E-state index contributed by atoms with van der Waals surface area (Å²) in [7, 11) is 1.54. The van der Waals surface area contributed by atoms with Crippen molar-refractivity contribution in [1.29, 1.82) is 0 Å². The second-order valence-corrected chi connectivity index (χ2v) is 6.78. The zero-order chi connectivity index (χ0) is 18.5. The predicted molar refractivity (Wildman–Crippen MR) is 93.7 cm³/mol. The maximum atomic E-state index is 12.6. The summed E-state index contributed by atoms with van der Waals surface area (Å²) < 4.78 is 16.6. The lowest BCUT2D eigenvalue weighted by atomic mass is 9.95. The van der Waals surface area contributed by atoms with Gasteiger partial charge in [0.1, 0.15) is 5.92 Å². The summed E-state index contributed by atoms with van der Waals surface area (Å²) in [4.78, 5) is 23.9. The molecule has 142 valence electrons. The molecule has 0 radical (unpaired) electrons. The minimum atomic E-state index is -0.965. The fourth-order valence-electron chi connectivity index (χ4n) is 3.50. The van der Waals surface area contributed by atoms with E-state index in [1.807, 2.05) is 0 Å². The number of methoxy groups -OCH3 is 1. The highest BCUT2D eigenvalue weighted by atomic mass is 16.5. The highest BCUT2D eigenvalue weighted by Crippen LogP contribution is 2.32. The zero-order valence-corrected chi connectivity index (χ0v) is 14.9. The highest BCUT2D eigenvalue weighted by Gasteiger charge is 2.33. The van der Waals surface area contributed by atoms with E-state index in [-0.39, 0.29) is 18.6 Å². The van der Waals surface area contributed by atoms with Crippen molar-refractivity contribution >= 4 is 11.9 Å². The first kappa shape index (κ1) is 18.5. The molecule has 26 heavy (non-hydrogen) atoms. The Balaban J connectivity index is 1.69. The van der Waals surface area contributed by atoms with Gasteiger partial charge in [0.05, 0.1) is 19.8 Å². The molecule has 1 heterocycles. The van der Waals surface area contributed by atoms with Gasteiger partial charge in [0.15, 0.2) is 11.5 Å². The molecule has 7 heteroatoms. The van der Waals surface area contributed by atoms with E-state index in [1.54, 1.807) is 18.2 Å². The normalized spacial score (nSPS) is 23.4. The third-order valence-electron chi connectivity index (χ3n) is 5.01. The van der Waals surface area contributed by atoms with E-state index in [0.29, 0.717) is 30.1 Å². The summed E-state index contributed by atoms with van der Waals surface area (Å²) >= 11 is 0. The second-order valence-electron chi connectivity index (χ2n) is 6.78. The van der Waals surface area contributed by atoms with Crippen LogP contribution >= 0.6 is 0 Å². The molecule has 0 unspecified atom stereocenters. The van der Waals surface area contributed by atoms with E-state index >= 15 is 0 Å². The number of carbonyl (C=O) groups excluding carboxylic acids is 1. The Morgan fingerprint density at radius 3 is 2.65 bits per heavy atom. The van der Waals surface area contributed by atoms with Crippen LogP contribution in [0.1, 0.15) is 42.5 Å². The summed E-state index contributed by atoms with van der Waals surface area (Å²) in [6.07, 6.45) is 5.08. The topological polar surface area (TPSA) is 94.1 Å². The Hall–Kier alpha value is -2.28. The number of carboxylic acid groups (broad SMARTS) is 1. The van der Waals surface area contributed by atoms with Crippen molar-refractivity contribution in [3.63, 3.8) is 0 Å². The third kappa shape index (κ3) is 4.27. The van der Waals surface area contributed by atoms with E-state index in [1.165, 1.54) is 20.0 Å². The molecular weight excluding hydrogens is 338 g/mol. The SMILES string of the molecule is COc1cc(C(=O)N[C@@H]2CCOC[C@@H]2C(=O)O)ccc1OC1CCCC1. The van der Waals surface area contributed by atoms with Gasteiger partial charge in [-0.1, -0.05) is 0 Å². The van der Waals surface area contributed by atoms with Gasteiger partial charge < -0.3 is 24.6 Å². The number of aliphatic carboxylic acids is 1. The molecule has 1 saturated carbocycles. The smallest absolute Gasteiger partial charge is 0.310 e. The third-order valence-corrected chi connectivity index (χ3v) is 5.01. The van der Waals surface area contributed by atoms with E-state index in [9.17, 15) is 14.7 Å². The van der Waals surface area contributed by atoms with Gasteiger partial charge in [0, 0.05) is 18.2 Å². The Labute approximate surface area is 152 Å². The molecule has 2 fully saturated rings. The van der Waals surface area contributed by atoms with Gasteiger partial charge in [-0.2, -0.15) is 0 Å². The Morgan fingerprint density at radius 2 is 1.96 bits per heavy atom. The molecule has 0 bridgehead atoms. The van der Waals surface area contributed by atoms with Crippen molar-refractivity contribution < 1.29 is 28.9 Å². The predicted octanol–water partition coefficient (Wildman–Crippen LogP) is 2.24. The molecule has 3 rings (SSSR count). The van der Waals surface area contributed by atoms with Crippen LogP contribution in [0.3, 0.4) is 0 Å². The summed E-state index contributed by atoms with van der Waals surface area (Å²) in [6.45, 7) is 0.546. The number of hydrogen-bond acceptors (Lipinski definition) is 5. The van der Waals surface area contributed by atoms with Crippen LogP contribution in [0.4, 0.5) is 0 Å². The molecular formula is C19H25NO6. The quantitative estimate of drug-likeness (QED) is 0.805. The van der Waals surface area contributed by atoms with E-state index in [2.05, 4.69) is 5.32 Å². The molecule has 1 aliphatic heterocycles. The molecule has 2 aliphatic rings. The zero-order valence-electron chi connectivity index (χ0n) is 14.9. The Morgan fingerprint density at radius 1 is 1.19 bits per heavy atom. The van der Waals surface area contributed by atoms with Gasteiger partial charge >= 0.3 is 5.97 Å². The molecule has 2 atom stereocenters. The molecule has 1 saturated heterocycles. The molecule has 2 N–H and O–H groups in total. The van der Waals surface area contributed by atoms with Crippen LogP contribution in [0, 0.1) is 5.92 Å². The van der Waals surface area contributed by atoms with Crippen LogP contribution in [-0.4, -0.2) is 49.5 Å². The number of ether oxygens (including phenoxy) is 3. The van der Waals surface area contributed by atoms with Gasteiger partial charge in [-0.3, -0.25) is 9.59 Å². The molecule has 1 aromatic rings. The fraction of sp³-hybridized carbons (Fsp3) is 0.579. The fourth-order valence-corrected chi connectivity index (χ4v) is 3.50. The van der Waals surface area contributed by atoms with Gasteiger partial charge in [0.2, 0.25) is 0 Å². The average Bonchev–Trinajstić information content (AvgIpc) is 3.15. The number of nitrogens with one attached hydrogen (secondary N) is 1. The van der Waals surface area contributed by atoms with Crippen LogP contribution in [0.5, 0.6) is 11.5 Å².